The van der Waals surface area contributed by atoms with Crippen molar-refractivity contribution in [1.29, 1.82) is 0 Å². The average molecular weight is 266 g/mol. The molecule has 3 atom stereocenters. The number of hydrogen-bond acceptors (Lipinski definition) is 2. The van der Waals surface area contributed by atoms with Crippen LogP contribution in [0.15, 0.2) is 0 Å². The predicted molar refractivity (Wildman–Crippen MR) is 65.9 cm³/mol. The lowest BCUT2D eigenvalue weighted by molar-refractivity contribution is 0.0831. The summed E-state index contributed by atoms with van der Waals surface area (Å²) < 4.78 is 25.5. The molecular weight excluding hydrogens is 246 g/mol. The summed E-state index contributed by atoms with van der Waals surface area (Å²) in [5, 5.41) is -0.273. The molecule has 1 aliphatic carbocycles. The van der Waals surface area contributed by atoms with Crippen LogP contribution in [0.4, 0.5) is 0 Å². The first-order chi connectivity index (χ1) is 7.56. The summed E-state index contributed by atoms with van der Waals surface area (Å²) in [6.07, 6.45) is 5.59. The maximum Gasteiger partial charge on any atom is 0.228 e. The Morgan fingerprint density at radius 2 is 1.94 bits per heavy atom. The number of hydrogen-bond donors (Lipinski definition) is 0. The summed E-state index contributed by atoms with van der Waals surface area (Å²) in [6, 6.07) is 0.223. The first kappa shape index (κ1) is 12.7. The molecular formula is C11H20ClNO2S. The lowest BCUT2D eigenvalue weighted by Crippen LogP contribution is -2.52. The highest BCUT2D eigenvalue weighted by Gasteiger charge is 2.41. The summed E-state index contributed by atoms with van der Waals surface area (Å²) in [5.74, 6) is 1.22. The highest BCUT2D eigenvalue weighted by Crippen LogP contribution is 2.39. The molecule has 2 rings (SSSR count). The van der Waals surface area contributed by atoms with E-state index in [0.29, 0.717) is 18.4 Å². The smallest absolute Gasteiger partial charge is 0.211 e. The summed E-state index contributed by atoms with van der Waals surface area (Å²) in [5.41, 5.74) is 0. The van der Waals surface area contributed by atoms with Crippen LogP contribution in [0.2, 0.25) is 0 Å². The van der Waals surface area contributed by atoms with Crippen molar-refractivity contribution in [1.82, 2.24) is 4.31 Å². The van der Waals surface area contributed by atoms with E-state index < -0.39 is 10.0 Å². The van der Waals surface area contributed by atoms with Gasteiger partial charge in [-0.3, -0.25) is 0 Å². The molecule has 3 unspecified atom stereocenters. The van der Waals surface area contributed by atoms with E-state index in [1.165, 1.54) is 12.8 Å². The van der Waals surface area contributed by atoms with Crippen molar-refractivity contribution in [3.63, 3.8) is 0 Å². The van der Waals surface area contributed by atoms with E-state index >= 15 is 0 Å². The Hall–Kier alpha value is 0.200. The highest BCUT2D eigenvalue weighted by atomic mass is 35.5. The Bertz CT molecular complexity index is 344. The molecule has 0 amide bonds. The van der Waals surface area contributed by atoms with Gasteiger partial charge in [-0.2, -0.15) is 4.31 Å². The zero-order valence-electron chi connectivity index (χ0n) is 9.73. The van der Waals surface area contributed by atoms with E-state index in [0.717, 1.165) is 19.3 Å². The molecule has 2 fully saturated rings. The van der Waals surface area contributed by atoms with Gasteiger partial charge >= 0.3 is 0 Å². The van der Waals surface area contributed by atoms with Crippen molar-refractivity contribution < 1.29 is 8.42 Å². The van der Waals surface area contributed by atoms with Crippen LogP contribution in [0, 0.1) is 11.8 Å². The maximum absolute atomic E-state index is 11.9. The fourth-order valence-electron chi connectivity index (χ4n) is 3.28. The van der Waals surface area contributed by atoms with Crippen LogP contribution in [-0.4, -0.2) is 30.5 Å². The van der Waals surface area contributed by atoms with Crippen LogP contribution in [0.5, 0.6) is 0 Å². The molecule has 0 bridgehead atoms. The number of nitrogens with zero attached hydrogens (tertiary/aromatic N) is 1. The van der Waals surface area contributed by atoms with Crippen molar-refractivity contribution in [3.05, 3.63) is 0 Å². The second-order valence-electron chi connectivity index (χ2n) is 5.11. The van der Waals surface area contributed by atoms with Crippen LogP contribution in [0.3, 0.4) is 0 Å². The number of fused-ring (bicyclic) bond motifs is 1. The van der Waals surface area contributed by atoms with Gasteiger partial charge in [0, 0.05) is 12.6 Å². The summed E-state index contributed by atoms with van der Waals surface area (Å²) in [6.45, 7) is 2.92. The van der Waals surface area contributed by atoms with Crippen molar-refractivity contribution in [2.45, 2.75) is 45.1 Å². The minimum absolute atomic E-state index is 0.223. The molecule has 1 saturated heterocycles. The van der Waals surface area contributed by atoms with Crippen LogP contribution in [-0.2, 0) is 10.0 Å². The molecule has 16 heavy (non-hydrogen) atoms. The summed E-state index contributed by atoms with van der Waals surface area (Å²) in [4.78, 5) is 0. The Labute approximate surface area is 103 Å². The van der Waals surface area contributed by atoms with Crippen molar-refractivity contribution in [2.75, 3.05) is 11.8 Å². The second kappa shape index (κ2) is 4.83. The third-order valence-electron chi connectivity index (χ3n) is 4.18. The van der Waals surface area contributed by atoms with Crippen LogP contribution < -0.4 is 0 Å². The van der Waals surface area contributed by atoms with Gasteiger partial charge in [-0.25, -0.2) is 8.42 Å². The van der Waals surface area contributed by atoms with Crippen LogP contribution in [0.1, 0.15) is 39.0 Å². The van der Waals surface area contributed by atoms with Gasteiger partial charge in [0.2, 0.25) is 10.0 Å². The third-order valence-corrected chi connectivity index (χ3v) is 6.45. The molecule has 5 heteroatoms. The number of halogens is 1. The fraction of sp³-hybridized carbons (Fsp3) is 1.00. The van der Waals surface area contributed by atoms with Gasteiger partial charge in [0.15, 0.2) is 0 Å². The van der Waals surface area contributed by atoms with Gasteiger partial charge < -0.3 is 0 Å². The molecule has 94 valence electrons. The summed E-state index contributed by atoms with van der Waals surface area (Å²) in [7, 11) is -3.22. The Morgan fingerprint density at radius 3 is 2.62 bits per heavy atom. The topological polar surface area (TPSA) is 37.4 Å². The lowest BCUT2D eigenvalue weighted by atomic mass is 9.74. The molecule has 1 saturated carbocycles. The molecule has 0 aromatic heterocycles. The molecule has 3 nitrogen and oxygen atoms in total. The number of alkyl halides is 1. The molecule has 1 aliphatic heterocycles. The van der Waals surface area contributed by atoms with Crippen molar-refractivity contribution in [2.24, 2.45) is 11.8 Å². The summed E-state index contributed by atoms with van der Waals surface area (Å²) >= 11 is 5.56. The van der Waals surface area contributed by atoms with E-state index in [1.807, 2.05) is 0 Å². The monoisotopic (exact) mass is 265 g/mol. The first-order valence-electron chi connectivity index (χ1n) is 6.12. The largest absolute Gasteiger partial charge is 0.228 e. The van der Waals surface area contributed by atoms with Gasteiger partial charge in [0.05, 0.1) is 0 Å². The molecule has 1 heterocycles. The Morgan fingerprint density at radius 1 is 1.25 bits per heavy atom. The van der Waals surface area contributed by atoms with Gasteiger partial charge in [-0.15, -0.1) is 11.6 Å². The fourth-order valence-corrected chi connectivity index (χ4v) is 4.84. The third kappa shape index (κ3) is 2.24. The standard InChI is InChI=1S/C11H20ClNO2S/c1-9-6-7-13(16(14,15)8-12)11-5-3-2-4-10(9)11/h9-11H,2-8H2,1H3. The van der Waals surface area contributed by atoms with Crippen LogP contribution >= 0.6 is 11.6 Å². The zero-order valence-corrected chi connectivity index (χ0v) is 11.3. The zero-order chi connectivity index (χ0) is 11.8. The average Bonchev–Trinajstić information content (AvgIpc) is 2.29. The highest BCUT2D eigenvalue weighted by molar-refractivity contribution is 7.90. The predicted octanol–water partition coefficient (Wildman–Crippen LogP) is 2.41. The molecule has 0 radical (unpaired) electrons. The molecule has 0 spiro atoms. The normalized spacial score (nSPS) is 37.0. The van der Waals surface area contributed by atoms with Gasteiger partial charge in [0.25, 0.3) is 0 Å². The van der Waals surface area contributed by atoms with E-state index in [1.54, 1.807) is 4.31 Å². The van der Waals surface area contributed by atoms with E-state index in [2.05, 4.69) is 6.92 Å². The van der Waals surface area contributed by atoms with Crippen molar-refractivity contribution in [3.8, 4) is 0 Å². The van der Waals surface area contributed by atoms with E-state index in [4.69, 9.17) is 11.6 Å². The van der Waals surface area contributed by atoms with E-state index in [9.17, 15) is 8.42 Å². The maximum atomic E-state index is 11.9. The van der Waals surface area contributed by atoms with Crippen molar-refractivity contribution >= 4 is 21.6 Å². The quantitative estimate of drug-likeness (QED) is 0.719. The SMILES string of the molecule is CC1CCN(S(=O)(=O)CCl)C2CCCCC12. The number of rotatable bonds is 2. The number of sulfonamides is 1. The van der Waals surface area contributed by atoms with Crippen LogP contribution in [0.25, 0.3) is 0 Å². The molecule has 0 aromatic rings. The first-order valence-corrected chi connectivity index (χ1v) is 8.26. The Kier molecular flexibility index (Phi) is 3.82. The van der Waals surface area contributed by atoms with E-state index in [-0.39, 0.29) is 11.3 Å². The van der Waals surface area contributed by atoms with Gasteiger partial charge in [-0.05, 0) is 31.1 Å². The second-order valence-corrected chi connectivity index (χ2v) is 7.62. The minimum Gasteiger partial charge on any atom is -0.211 e. The lowest BCUT2D eigenvalue weighted by Gasteiger charge is -2.46. The minimum atomic E-state index is -3.22. The van der Waals surface area contributed by atoms with Gasteiger partial charge in [0.1, 0.15) is 5.21 Å². The molecule has 0 aromatic carbocycles. The Balaban J connectivity index is 2.21. The molecule has 0 N–H and O–H groups in total. The van der Waals surface area contributed by atoms with Gasteiger partial charge in [-0.1, -0.05) is 19.8 Å². The number of piperidine rings is 1. The molecule has 2 aliphatic rings.